The van der Waals surface area contributed by atoms with Crippen LogP contribution in [-0.4, -0.2) is 39.3 Å². The van der Waals surface area contributed by atoms with E-state index in [-0.39, 0.29) is 67.9 Å². The van der Waals surface area contributed by atoms with Crippen molar-refractivity contribution in [2.24, 2.45) is 0 Å². The molecule has 0 bridgehead atoms. The van der Waals surface area contributed by atoms with Crippen LogP contribution in [0, 0.1) is 6.92 Å². The number of carboxylic acid groups (broad SMARTS) is 1. The zero-order valence-corrected chi connectivity index (χ0v) is 21.1. The van der Waals surface area contributed by atoms with Crippen LogP contribution in [0.15, 0.2) is 48.8 Å². The molecule has 0 unspecified atom stereocenters. The third-order valence-corrected chi connectivity index (χ3v) is 6.53. The number of hydrogen-bond acceptors (Lipinski definition) is 11. The highest BCUT2D eigenvalue weighted by Crippen LogP contribution is 2.39. The second-order valence-electron chi connectivity index (χ2n) is 8.97. The molecule has 4 N–H and O–H groups in total. The lowest BCUT2D eigenvalue weighted by atomic mass is 9.93. The molecule has 0 spiro atoms. The van der Waals surface area contributed by atoms with Crippen molar-refractivity contribution in [1.82, 2.24) is 0 Å². The van der Waals surface area contributed by atoms with Crippen molar-refractivity contribution < 1.29 is 48.6 Å². The molecule has 12 nitrogen and oxygen atoms in total. The standard InChI is InChI=1S/C28H20O12/c1-10-14(18-7-16(31)22-12(9-38-37-3)4-13(30)5-19(22)39-18)6-15-25(33)23-20(40-27(15)21(10)11(2)29)8-17(32)26(34)24(23)28(35)36/h4-8,30,32,34H,9H2,1-3H3,(H,35,36). The molecule has 5 aromatic rings. The third kappa shape index (κ3) is 4.02. The summed E-state index contributed by atoms with van der Waals surface area (Å²) in [7, 11) is 1.28. The fourth-order valence-electron chi connectivity index (χ4n) is 4.83. The van der Waals surface area contributed by atoms with Crippen LogP contribution in [0.3, 0.4) is 0 Å². The van der Waals surface area contributed by atoms with Gasteiger partial charge >= 0.3 is 5.97 Å². The number of carbonyl (C=O) groups excluding carboxylic acids is 1. The lowest BCUT2D eigenvalue weighted by molar-refractivity contribution is -0.282. The summed E-state index contributed by atoms with van der Waals surface area (Å²) in [5, 5.41) is 39.3. The predicted molar refractivity (Wildman–Crippen MR) is 140 cm³/mol. The van der Waals surface area contributed by atoms with Gasteiger partial charge in [-0.05, 0) is 37.1 Å². The molecule has 0 aliphatic heterocycles. The van der Waals surface area contributed by atoms with E-state index < -0.39 is 45.1 Å². The molecule has 0 atom stereocenters. The van der Waals surface area contributed by atoms with Crippen LogP contribution >= 0.6 is 0 Å². The molecule has 0 fully saturated rings. The molecule has 0 amide bonds. The Kier molecular flexibility index (Phi) is 6.29. The Morgan fingerprint density at radius 2 is 1.62 bits per heavy atom. The number of aromatic hydroxyl groups is 3. The monoisotopic (exact) mass is 548 g/mol. The molecule has 0 aliphatic rings. The van der Waals surface area contributed by atoms with Crippen molar-refractivity contribution in [2.45, 2.75) is 20.5 Å². The molecule has 0 radical (unpaired) electrons. The average molecular weight is 548 g/mol. The third-order valence-electron chi connectivity index (χ3n) is 6.53. The fourth-order valence-corrected chi connectivity index (χ4v) is 4.83. The maximum absolute atomic E-state index is 13.6. The lowest BCUT2D eigenvalue weighted by Gasteiger charge is -2.14. The van der Waals surface area contributed by atoms with Gasteiger partial charge in [-0.2, -0.15) is 0 Å². The molecule has 0 saturated carbocycles. The van der Waals surface area contributed by atoms with Crippen LogP contribution in [0.5, 0.6) is 17.2 Å². The van der Waals surface area contributed by atoms with Crippen molar-refractivity contribution >= 4 is 44.7 Å². The van der Waals surface area contributed by atoms with Gasteiger partial charge in [-0.3, -0.25) is 14.4 Å². The quantitative estimate of drug-likeness (QED) is 0.0780. The number of carbonyl (C=O) groups is 2. The first kappa shape index (κ1) is 26.4. The average Bonchev–Trinajstić information content (AvgIpc) is 2.87. The smallest absolute Gasteiger partial charge is 0.340 e. The topological polar surface area (TPSA) is 194 Å². The largest absolute Gasteiger partial charge is 0.508 e. The van der Waals surface area contributed by atoms with E-state index in [1.165, 1.54) is 39.2 Å². The molecule has 12 heteroatoms. The number of ketones is 1. The van der Waals surface area contributed by atoms with E-state index in [0.29, 0.717) is 0 Å². The summed E-state index contributed by atoms with van der Waals surface area (Å²) in [5.74, 6) is -4.36. The van der Waals surface area contributed by atoms with Gasteiger partial charge in [0.2, 0.25) is 5.43 Å². The van der Waals surface area contributed by atoms with Crippen molar-refractivity contribution in [2.75, 3.05) is 7.11 Å². The van der Waals surface area contributed by atoms with Gasteiger partial charge in [0.15, 0.2) is 22.7 Å². The Labute approximate surface area is 222 Å². The number of Topliss-reactive ketones (excluding diaryl/α,β-unsaturated/α-hetero) is 1. The minimum absolute atomic E-state index is 0.0137. The van der Waals surface area contributed by atoms with E-state index in [1.807, 2.05) is 0 Å². The summed E-state index contributed by atoms with van der Waals surface area (Å²) in [6.45, 7) is 2.60. The summed E-state index contributed by atoms with van der Waals surface area (Å²) >= 11 is 0. The Bertz CT molecular complexity index is 2030. The van der Waals surface area contributed by atoms with Crippen molar-refractivity contribution in [3.05, 3.63) is 73.0 Å². The van der Waals surface area contributed by atoms with Gasteiger partial charge in [-0.1, -0.05) is 0 Å². The van der Waals surface area contributed by atoms with E-state index in [4.69, 9.17) is 13.7 Å². The van der Waals surface area contributed by atoms with Gasteiger partial charge in [0.05, 0.1) is 28.8 Å². The molecule has 0 saturated heterocycles. The van der Waals surface area contributed by atoms with Crippen molar-refractivity contribution in [3.8, 4) is 28.6 Å². The fraction of sp³-hybridized carbons (Fsp3) is 0.143. The van der Waals surface area contributed by atoms with E-state index >= 15 is 0 Å². The summed E-state index contributed by atoms with van der Waals surface area (Å²) < 4.78 is 11.7. The predicted octanol–water partition coefficient (Wildman–Crippen LogP) is 4.12. The van der Waals surface area contributed by atoms with Crippen LogP contribution in [0.25, 0.3) is 44.2 Å². The summed E-state index contributed by atoms with van der Waals surface area (Å²) in [6, 6.07) is 5.83. The summed E-state index contributed by atoms with van der Waals surface area (Å²) in [6.07, 6.45) is 0. The number of carboxylic acids is 1. The molecule has 40 heavy (non-hydrogen) atoms. The second-order valence-corrected chi connectivity index (χ2v) is 8.97. The molecule has 5 rings (SSSR count). The van der Waals surface area contributed by atoms with E-state index in [1.54, 1.807) is 0 Å². The number of benzene rings is 3. The highest BCUT2D eigenvalue weighted by atomic mass is 17.2. The molecule has 2 heterocycles. The SMILES string of the molecule is COOCc1cc(O)cc2oc(-c3cc4c(=O)c5c(C(=O)O)c(O)c(O)cc5oc4c(C(C)=O)c3C)cc(=O)c12. The van der Waals surface area contributed by atoms with Gasteiger partial charge in [-0.15, -0.1) is 0 Å². The Morgan fingerprint density at radius 3 is 2.27 bits per heavy atom. The molecule has 0 aliphatic carbocycles. The summed E-state index contributed by atoms with van der Waals surface area (Å²) in [5.41, 5.74) is -2.23. The Hall–Kier alpha value is -5.20. The van der Waals surface area contributed by atoms with E-state index in [2.05, 4.69) is 4.89 Å². The maximum Gasteiger partial charge on any atom is 0.340 e. The zero-order valence-electron chi connectivity index (χ0n) is 21.1. The van der Waals surface area contributed by atoms with E-state index in [0.717, 1.165) is 12.1 Å². The van der Waals surface area contributed by atoms with Gasteiger partial charge in [0.25, 0.3) is 0 Å². The van der Waals surface area contributed by atoms with E-state index in [9.17, 15) is 39.6 Å². The minimum atomic E-state index is -1.70. The molecular formula is C28H20O12. The van der Waals surface area contributed by atoms with Gasteiger partial charge in [0.1, 0.15) is 40.4 Å². The minimum Gasteiger partial charge on any atom is -0.508 e. The molecular weight excluding hydrogens is 528 g/mol. The molecule has 3 aromatic carbocycles. The second kappa shape index (κ2) is 9.52. The van der Waals surface area contributed by atoms with Crippen LogP contribution in [0.1, 0.15) is 38.8 Å². The number of aromatic carboxylic acids is 1. The maximum atomic E-state index is 13.6. The first-order valence-corrected chi connectivity index (χ1v) is 11.6. The highest BCUT2D eigenvalue weighted by molar-refractivity contribution is 6.12. The van der Waals surface area contributed by atoms with Crippen molar-refractivity contribution in [3.63, 3.8) is 0 Å². The highest BCUT2D eigenvalue weighted by Gasteiger charge is 2.27. The van der Waals surface area contributed by atoms with Crippen LogP contribution in [0.2, 0.25) is 0 Å². The number of rotatable bonds is 6. The zero-order chi connectivity index (χ0) is 29.0. The van der Waals surface area contributed by atoms with Crippen molar-refractivity contribution in [1.29, 1.82) is 0 Å². The number of fused-ring (bicyclic) bond motifs is 3. The normalized spacial score (nSPS) is 11.5. The summed E-state index contributed by atoms with van der Waals surface area (Å²) in [4.78, 5) is 61.0. The molecule has 2 aromatic heterocycles. The van der Waals surface area contributed by atoms with Crippen LogP contribution < -0.4 is 10.9 Å². The Balaban J connectivity index is 1.90. The number of phenolic OH excluding ortho intramolecular Hbond substituents is 2. The lowest BCUT2D eigenvalue weighted by Crippen LogP contribution is -2.12. The first-order chi connectivity index (χ1) is 18.9. The first-order valence-electron chi connectivity index (χ1n) is 11.6. The van der Waals surface area contributed by atoms with Crippen LogP contribution in [-0.2, 0) is 16.4 Å². The van der Waals surface area contributed by atoms with Gasteiger partial charge in [-0.25, -0.2) is 14.6 Å². The Morgan fingerprint density at radius 1 is 0.925 bits per heavy atom. The van der Waals surface area contributed by atoms with Gasteiger partial charge < -0.3 is 29.3 Å². The number of phenols is 3. The van der Waals surface area contributed by atoms with Crippen LogP contribution in [0.4, 0.5) is 0 Å². The van der Waals surface area contributed by atoms with Gasteiger partial charge in [0, 0.05) is 23.8 Å². The molecule has 204 valence electrons. The number of hydrogen-bond donors (Lipinski definition) is 4.